The Hall–Kier alpha value is -2.82. The van der Waals surface area contributed by atoms with Gasteiger partial charge in [0, 0.05) is 13.1 Å². The number of benzene rings is 2. The summed E-state index contributed by atoms with van der Waals surface area (Å²) in [4.78, 5) is 25.7. The van der Waals surface area contributed by atoms with Crippen molar-refractivity contribution in [2.45, 2.75) is 44.6 Å². The molecule has 1 aliphatic rings. The quantitative estimate of drug-likeness (QED) is 0.641. The number of hydrogen-bond donors (Lipinski definition) is 2. The first-order valence-corrected chi connectivity index (χ1v) is 10.5. The van der Waals surface area contributed by atoms with Gasteiger partial charge in [-0.1, -0.05) is 67.1 Å². The lowest BCUT2D eigenvalue weighted by Gasteiger charge is -2.32. The van der Waals surface area contributed by atoms with Crippen LogP contribution in [0.5, 0.6) is 0 Å². The summed E-state index contributed by atoms with van der Waals surface area (Å²) in [6.45, 7) is 0.997. The SMILES string of the molecule is O=C(O)C1CCN(C(=O)NC(CCCCc2ccccc2)c2ccccc2)CC1. The van der Waals surface area contributed by atoms with Gasteiger partial charge in [-0.25, -0.2) is 4.79 Å². The van der Waals surface area contributed by atoms with Gasteiger partial charge in [-0.15, -0.1) is 0 Å². The Morgan fingerprint density at radius 1 is 0.966 bits per heavy atom. The first-order chi connectivity index (χ1) is 14.1. The van der Waals surface area contributed by atoms with Crippen molar-refractivity contribution in [2.75, 3.05) is 13.1 Å². The average molecular weight is 395 g/mol. The zero-order chi connectivity index (χ0) is 20.5. The summed E-state index contributed by atoms with van der Waals surface area (Å²) in [5.41, 5.74) is 2.45. The van der Waals surface area contributed by atoms with Crippen LogP contribution in [-0.4, -0.2) is 35.1 Å². The van der Waals surface area contributed by atoms with E-state index in [1.54, 1.807) is 4.90 Å². The molecule has 5 heteroatoms. The molecule has 2 N–H and O–H groups in total. The monoisotopic (exact) mass is 394 g/mol. The van der Waals surface area contributed by atoms with Crippen molar-refractivity contribution in [2.24, 2.45) is 5.92 Å². The van der Waals surface area contributed by atoms with E-state index < -0.39 is 5.97 Å². The van der Waals surface area contributed by atoms with Gasteiger partial charge in [0.05, 0.1) is 12.0 Å². The highest BCUT2D eigenvalue weighted by Gasteiger charge is 2.28. The normalized spacial score (nSPS) is 15.7. The van der Waals surface area contributed by atoms with Crippen LogP contribution in [0, 0.1) is 5.92 Å². The Morgan fingerprint density at radius 2 is 1.59 bits per heavy atom. The van der Waals surface area contributed by atoms with Crippen molar-refractivity contribution in [1.29, 1.82) is 0 Å². The van der Waals surface area contributed by atoms with E-state index in [2.05, 4.69) is 41.7 Å². The standard InChI is InChI=1S/C24H30N2O3/c27-23(28)21-15-17-26(18-16-21)24(29)25-22(20-12-5-2-6-13-20)14-8-7-11-19-9-3-1-4-10-19/h1-6,9-10,12-13,21-22H,7-8,11,14-18H2,(H,25,29)(H,27,28). The first kappa shape index (κ1) is 20.9. The Morgan fingerprint density at radius 3 is 2.21 bits per heavy atom. The Kier molecular flexibility index (Phi) is 7.68. The molecule has 5 nitrogen and oxygen atoms in total. The highest BCUT2D eigenvalue weighted by atomic mass is 16.4. The number of likely N-dealkylation sites (tertiary alicyclic amines) is 1. The number of carbonyl (C=O) groups is 2. The van der Waals surface area contributed by atoms with Gasteiger partial charge in [-0.3, -0.25) is 4.79 Å². The molecule has 2 amide bonds. The topological polar surface area (TPSA) is 69.6 Å². The Labute approximate surface area is 172 Å². The fraction of sp³-hybridized carbons (Fsp3) is 0.417. The Bertz CT molecular complexity index is 771. The summed E-state index contributed by atoms with van der Waals surface area (Å²) in [7, 11) is 0. The summed E-state index contributed by atoms with van der Waals surface area (Å²) < 4.78 is 0. The Balaban J connectivity index is 1.53. The third-order valence-electron chi connectivity index (χ3n) is 5.68. The number of piperidine rings is 1. The molecule has 0 radical (unpaired) electrons. The van der Waals surface area contributed by atoms with Crippen molar-refractivity contribution in [3.63, 3.8) is 0 Å². The van der Waals surface area contributed by atoms with Crippen molar-refractivity contribution in [3.8, 4) is 0 Å². The molecular formula is C24H30N2O3. The number of aryl methyl sites for hydroxylation is 1. The molecular weight excluding hydrogens is 364 g/mol. The second-order valence-electron chi connectivity index (χ2n) is 7.74. The molecule has 1 fully saturated rings. The molecule has 29 heavy (non-hydrogen) atoms. The molecule has 2 aromatic rings. The van der Waals surface area contributed by atoms with E-state index in [-0.39, 0.29) is 18.0 Å². The van der Waals surface area contributed by atoms with E-state index in [0.717, 1.165) is 31.2 Å². The van der Waals surface area contributed by atoms with Crippen LogP contribution >= 0.6 is 0 Å². The number of rotatable bonds is 8. The average Bonchev–Trinajstić information content (AvgIpc) is 2.77. The largest absolute Gasteiger partial charge is 0.481 e. The van der Waals surface area contributed by atoms with E-state index in [4.69, 9.17) is 5.11 Å². The molecule has 154 valence electrons. The molecule has 3 rings (SSSR count). The second kappa shape index (κ2) is 10.6. The molecule has 1 saturated heterocycles. The van der Waals surface area contributed by atoms with Crippen molar-refractivity contribution < 1.29 is 14.7 Å². The van der Waals surface area contributed by atoms with Crippen LogP contribution in [0.15, 0.2) is 60.7 Å². The maximum Gasteiger partial charge on any atom is 0.317 e. The molecule has 0 saturated carbocycles. The molecule has 0 aromatic heterocycles. The number of unbranched alkanes of at least 4 members (excludes halogenated alkanes) is 1. The maximum absolute atomic E-state index is 12.8. The van der Waals surface area contributed by atoms with Gasteiger partial charge < -0.3 is 15.3 Å². The number of hydrogen-bond acceptors (Lipinski definition) is 2. The van der Waals surface area contributed by atoms with E-state index in [9.17, 15) is 9.59 Å². The number of urea groups is 1. The molecule has 2 aromatic carbocycles. The van der Waals surface area contributed by atoms with Crippen molar-refractivity contribution in [1.82, 2.24) is 10.2 Å². The molecule has 1 heterocycles. The lowest BCUT2D eigenvalue weighted by atomic mass is 9.97. The molecule has 1 atom stereocenters. The first-order valence-electron chi connectivity index (χ1n) is 10.5. The third kappa shape index (κ3) is 6.34. The van der Waals surface area contributed by atoms with Crippen LogP contribution in [0.25, 0.3) is 0 Å². The van der Waals surface area contributed by atoms with E-state index in [1.807, 2.05) is 24.3 Å². The number of nitrogens with zero attached hydrogens (tertiary/aromatic N) is 1. The van der Waals surface area contributed by atoms with Gasteiger partial charge in [0.15, 0.2) is 0 Å². The van der Waals surface area contributed by atoms with Crippen molar-refractivity contribution in [3.05, 3.63) is 71.8 Å². The zero-order valence-corrected chi connectivity index (χ0v) is 16.8. The maximum atomic E-state index is 12.8. The summed E-state index contributed by atoms with van der Waals surface area (Å²) >= 11 is 0. The zero-order valence-electron chi connectivity index (χ0n) is 16.8. The number of carboxylic acid groups (broad SMARTS) is 1. The van der Waals surface area contributed by atoms with Gasteiger partial charge in [0.1, 0.15) is 0 Å². The molecule has 0 spiro atoms. The molecule has 1 aliphatic heterocycles. The third-order valence-corrected chi connectivity index (χ3v) is 5.68. The van der Waals surface area contributed by atoms with Gasteiger partial charge in [0.2, 0.25) is 0 Å². The predicted molar refractivity (Wildman–Crippen MR) is 114 cm³/mol. The summed E-state index contributed by atoms with van der Waals surface area (Å²) in [6.07, 6.45) is 5.07. The van der Waals surface area contributed by atoms with Crippen LogP contribution in [0.4, 0.5) is 4.79 Å². The summed E-state index contributed by atoms with van der Waals surface area (Å²) in [5.74, 6) is -1.09. The minimum absolute atomic E-state index is 0.0309. The highest BCUT2D eigenvalue weighted by Crippen LogP contribution is 2.22. The van der Waals surface area contributed by atoms with Crippen LogP contribution < -0.4 is 5.32 Å². The second-order valence-corrected chi connectivity index (χ2v) is 7.74. The number of carbonyl (C=O) groups excluding carboxylic acids is 1. The van der Waals surface area contributed by atoms with Gasteiger partial charge >= 0.3 is 12.0 Å². The summed E-state index contributed by atoms with van der Waals surface area (Å²) in [5, 5.41) is 12.3. The van der Waals surface area contributed by atoms with Crippen LogP contribution in [-0.2, 0) is 11.2 Å². The smallest absolute Gasteiger partial charge is 0.317 e. The van der Waals surface area contributed by atoms with Gasteiger partial charge in [0.25, 0.3) is 0 Å². The van der Waals surface area contributed by atoms with Crippen LogP contribution in [0.1, 0.15) is 49.3 Å². The van der Waals surface area contributed by atoms with E-state index >= 15 is 0 Å². The minimum Gasteiger partial charge on any atom is -0.481 e. The number of nitrogens with one attached hydrogen (secondary N) is 1. The lowest BCUT2D eigenvalue weighted by molar-refractivity contribution is -0.143. The van der Waals surface area contributed by atoms with Gasteiger partial charge in [-0.2, -0.15) is 0 Å². The van der Waals surface area contributed by atoms with Crippen LogP contribution in [0.2, 0.25) is 0 Å². The fourth-order valence-electron chi connectivity index (χ4n) is 3.90. The number of aliphatic carboxylic acids is 1. The van der Waals surface area contributed by atoms with Crippen LogP contribution in [0.3, 0.4) is 0 Å². The number of amides is 2. The molecule has 0 aliphatic carbocycles. The fourth-order valence-corrected chi connectivity index (χ4v) is 3.90. The number of carboxylic acids is 1. The molecule has 0 bridgehead atoms. The highest BCUT2D eigenvalue weighted by molar-refractivity contribution is 5.75. The van der Waals surface area contributed by atoms with E-state index in [1.165, 1.54) is 5.56 Å². The lowest BCUT2D eigenvalue weighted by Crippen LogP contribution is -2.46. The minimum atomic E-state index is -0.759. The van der Waals surface area contributed by atoms with E-state index in [0.29, 0.717) is 25.9 Å². The molecule has 1 unspecified atom stereocenters. The predicted octanol–water partition coefficient (Wildman–Crippen LogP) is 4.65. The van der Waals surface area contributed by atoms with Crippen molar-refractivity contribution >= 4 is 12.0 Å². The summed E-state index contributed by atoms with van der Waals surface area (Å²) in [6, 6.07) is 20.4. The van der Waals surface area contributed by atoms with Gasteiger partial charge in [-0.05, 0) is 43.2 Å².